The van der Waals surface area contributed by atoms with Gasteiger partial charge < -0.3 is 4.74 Å². The van der Waals surface area contributed by atoms with Crippen LogP contribution in [0.15, 0.2) is 24.3 Å². The van der Waals surface area contributed by atoms with E-state index in [4.69, 9.17) is 16.9 Å². The second-order valence-electron chi connectivity index (χ2n) is 3.20. The van der Waals surface area contributed by atoms with Crippen molar-refractivity contribution >= 4 is 23.4 Å². The van der Waals surface area contributed by atoms with Gasteiger partial charge in [-0.1, -0.05) is 23.7 Å². The van der Waals surface area contributed by atoms with Gasteiger partial charge in [-0.05, 0) is 24.6 Å². The van der Waals surface area contributed by atoms with E-state index >= 15 is 0 Å². The number of ketones is 1. The van der Waals surface area contributed by atoms with Crippen molar-refractivity contribution in [2.45, 2.75) is 12.8 Å². The topological polar surface area (TPSA) is 67.2 Å². The molecule has 0 saturated heterocycles. The van der Waals surface area contributed by atoms with Crippen LogP contribution in [0.4, 0.5) is 0 Å². The van der Waals surface area contributed by atoms with E-state index in [2.05, 4.69) is 4.74 Å². The molecule has 1 rings (SSSR count). The third-order valence-electron chi connectivity index (χ3n) is 2.07. The largest absolute Gasteiger partial charge is 0.460 e. The van der Waals surface area contributed by atoms with Crippen LogP contribution in [-0.4, -0.2) is 18.4 Å². The van der Waals surface area contributed by atoms with Gasteiger partial charge in [-0.3, -0.25) is 4.79 Å². The predicted octanol–water partition coefficient (Wildman–Crippen LogP) is 2.08. The van der Waals surface area contributed by atoms with Gasteiger partial charge in [0.1, 0.15) is 5.92 Å². The molecule has 1 atom stereocenters. The van der Waals surface area contributed by atoms with Crippen molar-refractivity contribution in [2.24, 2.45) is 0 Å². The lowest BCUT2D eigenvalue weighted by atomic mass is 9.96. The van der Waals surface area contributed by atoms with Crippen LogP contribution in [-0.2, 0) is 14.3 Å². The minimum Gasteiger partial charge on any atom is -0.460 e. The van der Waals surface area contributed by atoms with Gasteiger partial charge in [0.2, 0.25) is 0 Å². The molecule has 1 aromatic carbocycles. The number of nitrogens with zero attached hydrogens (tertiary/aromatic N) is 1. The minimum atomic E-state index is -1.15. The molecule has 0 heterocycles. The number of hydrogen-bond acceptors (Lipinski definition) is 4. The fraction of sp³-hybridized carbons (Fsp3) is 0.250. The molecule has 0 aromatic heterocycles. The van der Waals surface area contributed by atoms with Crippen molar-refractivity contribution in [3.63, 3.8) is 0 Å². The number of rotatable bonds is 4. The highest BCUT2D eigenvalue weighted by molar-refractivity contribution is 6.36. The predicted molar refractivity (Wildman–Crippen MR) is 61.4 cm³/mol. The molecular weight excluding hydrogens is 242 g/mol. The average Bonchev–Trinajstić information content (AvgIpc) is 2.32. The lowest BCUT2D eigenvalue weighted by Gasteiger charge is -2.07. The fourth-order valence-electron chi connectivity index (χ4n) is 1.26. The molecule has 0 spiro atoms. The second-order valence-corrected chi connectivity index (χ2v) is 3.63. The van der Waals surface area contributed by atoms with Crippen molar-refractivity contribution in [3.8, 4) is 6.07 Å². The number of hydrogen-bond donors (Lipinski definition) is 0. The molecule has 17 heavy (non-hydrogen) atoms. The SMILES string of the molecule is CCOC(=O)C(=O)[C@H](C#N)c1ccc(Cl)cc1. The van der Waals surface area contributed by atoms with Crippen molar-refractivity contribution < 1.29 is 14.3 Å². The summed E-state index contributed by atoms with van der Waals surface area (Å²) in [6, 6.07) is 7.96. The summed E-state index contributed by atoms with van der Waals surface area (Å²) >= 11 is 5.69. The van der Waals surface area contributed by atoms with Crippen molar-refractivity contribution in [3.05, 3.63) is 34.9 Å². The number of nitriles is 1. The second kappa shape index (κ2) is 6.02. The Kier molecular flexibility index (Phi) is 4.68. The third-order valence-corrected chi connectivity index (χ3v) is 2.32. The number of benzene rings is 1. The zero-order valence-electron chi connectivity index (χ0n) is 9.14. The van der Waals surface area contributed by atoms with E-state index in [9.17, 15) is 9.59 Å². The van der Waals surface area contributed by atoms with Gasteiger partial charge in [0.05, 0.1) is 12.7 Å². The van der Waals surface area contributed by atoms with Crippen LogP contribution in [0.1, 0.15) is 18.4 Å². The van der Waals surface area contributed by atoms with Crippen molar-refractivity contribution in [2.75, 3.05) is 6.61 Å². The lowest BCUT2D eigenvalue weighted by molar-refractivity contribution is -0.153. The van der Waals surface area contributed by atoms with E-state index < -0.39 is 17.7 Å². The maximum absolute atomic E-state index is 11.6. The van der Waals surface area contributed by atoms with Crippen molar-refractivity contribution in [1.82, 2.24) is 0 Å². The fourth-order valence-corrected chi connectivity index (χ4v) is 1.39. The molecule has 0 aliphatic heterocycles. The molecule has 0 fully saturated rings. The van der Waals surface area contributed by atoms with Gasteiger partial charge in [-0.2, -0.15) is 5.26 Å². The van der Waals surface area contributed by atoms with Crippen LogP contribution in [0.2, 0.25) is 5.02 Å². The molecule has 4 nitrogen and oxygen atoms in total. The molecule has 0 saturated carbocycles. The van der Waals surface area contributed by atoms with Gasteiger partial charge in [0.15, 0.2) is 0 Å². The van der Waals surface area contributed by atoms with E-state index in [1.165, 1.54) is 12.1 Å². The van der Waals surface area contributed by atoms with Crippen LogP contribution < -0.4 is 0 Å². The zero-order chi connectivity index (χ0) is 12.8. The van der Waals surface area contributed by atoms with Gasteiger partial charge in [-0.25, -0.2) is 4.79 Å². The van der Waals surface area contributed by atoms with E-state index in [1.807, 2.05) is 0 Å². The number of carbonyl (C=O) groups excluding carboxylic acids is 2. The summed E-state index contributed by atoms with van der Waals surface area (Å²) in [6.45, 7) is 1.69. The van der Waals surface area contributed by atoms with E-state index in [1.54, 1.807) is 25.1 Å². The first-order chi connectivity index (χ1) is 8.10. The maximum atomic E-state index is 11.6. The summed E-state index contributed by atoms with van der Waals surface area (Å²) in [5, 5.41) is 9.42. The first-order valence-electron chi connectivity index (χ1n) is 4.96. The Bertz CT molecular complexity index is 462. The number of halogens is 1. The maximum Gasteiger partial charge on any atom is 0.376 e. The Hall–Kier alpha value is -1.86. The number of ether oxygens (including phenoxy) is 1. The Morgan fingerprint density at radius 2 is 2.00 bits per heavy atom. The molecule has 5 heteroatoms. The summed E-state index contributed by atoms with van der Waals surface area (Å²) in [4.78, 5) is 22.9. The first-order valence-corrected chi connectivity index (χ1v) is 5.34. The molecule has 0 radical (unpaired) electrons. The molecule has 0 bridgehead atoms. The lowest BCUT2D eigenvalue weighted by Crippen LogP contribution is -2.23. The molecular formula is C12H10ClNO3. The van der Waals surface area contributed by atoms with Crippen LogP contribution in [0, 0.1) is 11.3 Å². The highest BCUT2D eigenvalue weighted by Crippen LogP contribution is 2.19. The molecule has 0 N–H and O–H groups in total. The Labute approximate surface area is 104 Å². The molecule has 0 aliphatic carbocycles. The Morgan fingerprint density at radius 3 is 2.47 bits per heavy atom. The van der Waals surface area contributed by atoms with E-state index in [0.717, 1.165) is 0 Å². The normalized spacial score (nSPS) is 11.4. The highest BCUT2D eigenvalue weighted by atomic mass is 35.5. The first kappa shape index (κ1) is 13.2. The molecule has 88 valence electrons. The third kappa shape index (κ3) is 3.30. The standard InChI is InChI=1S/C12H10ClNO3/c1-2-17-12(16)11(15)10(7-14)8-3-5-9(13)6-4-8/h3-6,10H,2H2,1H3/t10-/m1/s1. The minimum absolute atomic E-state index is 0.101. The number of Topliss-reactive ketones (excluding diaryl/α,β-unsaturated/α-hetero) is 1. The monoisotopic (exact) mass is 251 g/mol. The zero-order valence-corrected chi connectivity index (χ0v) is 9.90. The summed E-state index contributed by atoms with van der Waals surface area (Å²) in [5.74, 6) is -3.00. The van der Waals surface area contributed by atoms with E-state index in [0.29, 0.717) is 10.6 Å². The van der Waals surface area contributed by atoms with Crippen LogP contribution in [0.3, 0.4) is 0 Å². The van der Waals surface area contributed by atoms with E-state index in [-0.39, 0.29) is 6.61 Å². The Morgan fingerprint density at radius 1 is 1.41 bits per heavy atom. The van der Waals surface area contributed by atoms with Gasteiger partial charge >= 0.3 is 5.97 Å². The molecule has 0 amide bonds. The summed E-state index contributed by atoms with van der Waals surface area (Å²) in [6.07, 6.45) is 0. The summed E-state index contributed by atoms with van der Waals surface area (Å²) in [5.41, 5.74) is 0.426. The average molecular weight is 252 g/mol. The quantitative estimate of drug-likeness (QED) is 0.607. The summed E-state index contributed by atoms with van der Waals surface area (Å²) in [7, 11) is 0. The molecule has 0 aliphatic rings. The van der Waals surface area contributed by atoms with Gasteiger partial charge in [-0.15, -0.1) is 0 Å². The molecule has 0 unspecified atom stereocenters. The van der Waals surface area contributed by atoms with Crippen LogP contribution in [0.25, 0.3) is 0 Å². The smallest absolute Gasteiger partial charge is 0.376 e. The number of esters is 1. The Balaban J connectivity index is 2.93. The highest BCUT2D eigenvalue weighted by Gasteiger charge is 2.27. The summed E-state index contributed by atoms with van der Waals surface area (Å²) < 4.78 is 4.57. The van der Waals surface area contributed by atoms with Crippen LogP contribution in [0.5, 0.6) is 0 Å². The number of carbonyl (C=O) groups is 2. The van der Waals surface area contributed by atoms with Crippen LogP contribution >= 0.6 is 11.6 Å². The molecule has 1 aromatic rings. The van der Waals surface area contributed by atoms with Gasteiger partial charge in [0, 0.05) is 5.02 Å². The van der Waals surface area contributed by atoms with Gasteiger partial charge in [0.25, 0.3) is 5.78 Å². The van der Waals surface area contributed by atoms with Crippen molar-refractivity contribution in [1.29, 1.82) is 5.26 Å².